The number of hydrogen-bond donors (Lipinski definition) is 0. The fraction of sp³-hybridized carbons (Fsp3) is 0. The Bertz CT molecular complexity index is 1560. The maximum absolute atomic E-state index is 15.3. The summed E-state index contributed by atoms with van der Waals surface area (Å²) in [4.78, 5) is 0. The second-order valence-electron chi connectivity index (χ2n) is 9.68. The number of benzene rings is 6. The third-order valence-electron chi connectivity index (χ3n) is 7.50. The van der Waals surface area contributed by atoms with Gasteiger partial charge >= 0.3 is 232 Å². The van der Waals surface area contributed by atoms with Crippen LogP contribution in [0.15, 0.2) is 176 Å². The van der Waals surface area contributed by atoms with Gasteiger partial charge in [0, 0.05) is 0 Å². The van der Waals surface area contributed by atoms with Gasteiger partial charge in [-0.1, -0.05) is 0 Å². The number of rotatable bonds is 7. The van der Waals surface area contributed by atoms with Crippen LogP contribution in [0.25, 0.3) is 0 Å². The van der Waals surface area contributed by atoms with Crippen LogP contribution in [0.3, 0.4) is 0 Å². The first-order valence-corrected chi connectivity index (χ1v) is 16.9. The Labute approximate surface area is 231 Å². The topological polar surface area (TPSA) is 17.1 Å². The van der Waals surface area contributed by atoms with Crippen molar-refractivity contribution in [3.05, 3.63) is 176 Å². The van der Waals surface area contributed by atoms with E-state index in [-0.39, 0.29) is 0 Å². The van der Waals surface area contributed by atoms with Crippen LogP contribution < -0.4 is 37.1 Å². The molecule has 0 aliphatic rings. The first-order chi connectivity index (χ1) is 19.2. The van der Waals surface area contributed by atoms with Gasteiger partial charge in [0.1, 0.15) is 0 Å². The average Bonchev–Trinajstić information content (AvgIpc) is 3.04. The molecule has 0 aliphatic heterocycles. The quantitative estimate of drug-likeness (QED) is 0.238. The molecule has 3 heteroatoms. The van der Waals surface area contributed by atoms with Crippen molar-refractivity contribution in [2.24, 2.45) is 0 Å². The van der Waals surface area contributed by atoms with Crippen LogP contribution in [0.5, 0.6) is 0 Å². The van der Waals surface area contributed by atoms with Crippen molar-refractivity contribution in [2.45, 2.75) is 0 Å². The summed E-state index contributed by atoms with van der Waals surface area (Å²) in [7, 11) is -5.86. The van der Waals surface area contributed by atoms with Gasteiger partial charge < -0.3 is 0 Å². The average molecular weight is 541 g/mol. The first kappa shape index (κ1) is 25.3. The summed E-state index contributed by atoms with van der Waals surface area (Å²) in [5, 5.41) is 7.67. The molecule has 0 radical (unpaired) electrons. The summed E-state index contributed by atoms with van der Waals surface area (Å²) in [6, 6.07) is 61.0. The molecular weight excluding hydrogens is 510 g/mol. The summed E-state index contributed by atoms with van der Waals surface area (Å²) in [5.74, 6) is 0. The molecule has 190 valence electrons. The zero-order valence-corrected chi connectivity index (χ0v) is 23.5. The van der Waals surface area contributed by atoms with Crippen molar-refractivity contribution in [1.29, 1.82) is 0 Å². The minimum absolute atomic E-state index is 0.847. The second kappa shape index (κ2) is 11.0. The summed E-state index contributed by atoms with van der Waals surface area (Å²) in [6.07, 6.45) is 0. The van der Waals surface area contributed by atoms with Crippen LogP contribution in [0.2, 0.25) is 0 Å². The zero-order chi connectivity index (χ0) is 26.5. The van der Waals surface area contributed by atoms with E-state index in [1.807, 2.05) is 66.7 Å². The molecule has 6 aromatic rings. The molecule has 6 aromatic carbocycles. The van der Waals surface area contributed by atoms with E-state index >= 15 is 4.57 Å². The molecule has 0 N–H and O–H groups in total. The van der Waals surface area contributed by atoms with Crippen molar-refractivity contribution in [2.75, 3.05) is 0 Å². The Kier molecular flexibility index (Phi) is 7.12. The third kappa shape index (κ3) is 4.49. The Hall–Kier alpha value is -4.02. The molecule has 0 heterocycles. The van der Waals surface area contributed by atoms with Gasteiger partial charge in [-0.3, -0.25) is 0 Å². The molecule has 0 fully saturated rings. The van der Waals surface area contributed by atoms with E-state index in [4.69, 9.17) is 0 Å². The van der Waals surface area contributed by atoms with E-state index < -0.39 is 14.4 Å². The molecule has 0 saturated heterocycles. The molecule has 0 aromatic heterocycles. The van der Waals surface area contributed by atoms with Crippen molar-refractivity contribution < 1.29 is 4.57 Å². The van der Waals surface area contributed by atoms with Crippen LogP contribution >= 0.6 is 14.4 Å². The van der Waals surface area contributed by atoms with Crippen LogP contribution in [0.4, 0.5) is 0 Å². The van der Waals surface area contributed by atoms with Gasteiger partial charge in [-0.2, -0.15) is 0 Å². The maximum atomic E-state index is 15.3. The molecule has 0 bridgehead atoms. The molecule has 0 saturated carbocycles. The summed E-state index contributed by atoms with van der Waals surface area (Å²) < 4.78 is 15.3. The van der Waals surface area contributed by atoms with Crippen molar-refractivity contribution in [3.63, 3.8) is 0 Å². The minimum atomic E-state index is -3.13. The van der Waals surface area contributed by atoms with Gasteiger partial charge in [0.15, 0.2) is 0 Å². The van der Waals surface area contributed by atoms with Gasteiger partial charge in [0.25, 0.3) is 0 Å². The normalized spacial score (nSPS) is 12.1. The Morgan fingerprint density at radius 1 is 0.333 bits per heavy atom. The number of hydrogen-bond acceptors (Lipinski definition) is 1. The SMILES string of the molecule is O=P(c1ccccc1)(c1ccccc1)c1cccc([PH](c2ccccc2)(c2ccccc2)c2ccccc2)c1. The summed E-state index contributed by atoms with van der Waals surface area (Å²) in [6.45, 7) is 0. The summed E-state index contributed by atoms with van der Waals surface area (Å²) in [5.41, 5.74) is 0. The predicted octanol–water partition coefficient (Wildman–Crippen LogP) is 5.68. The zero-order valence-electron chi connectivity index (χ0n) is 21.6. The first-order valence-electron chi connectivity index (χ1n) is 13.2. The van der Waals surface area contributed by atoms with Gasteiger partial charge in [0.05, 0.1) is 0 Å². The molecule has 0 aliphatic carbocycles. The molecule has 0 unspecified atom stereocenters. The van der Waals surface area contributed by atoms with E-state index in [1.54, 1.807) is 0 Å². The Balaban J connectivity index is 1.69. The van der Waals surface area contributed by atoms with Crippen LogP contribution in [-0.2, 0) is 4.57 Å². The summed E-state index contributed by atoms with van der Waals surface area (Å²) >= 11 is 0. The van der Waals surface area contributed by atoms with Crippen molar-refractivity contribution >= 4 is 51.5 Å². The third-order valence-corrected chi connectivity index (χ3v) is 15.3. The van der Waals surface area contributed by atoms with Gasteiger partial charge in [-0.15, -0.1) is 0 Å². The fourth-order valence-corrected chi connectivity index (χ4v) is 13.3. The standard InChI is InChI=1S/C36H30OP2/c37-39(33-23-12-4-13-24-33,34-25-14-5-15-26-34)36-28-16-27-35(29-36)38(30-17-6-1-7-18-30,31-19-8-2-9-20-31)32-21-10-3-11-22-32/h1-29,38H. The molecule has 0 amide bonds. The molecule has 39 heavy (non-hydrogen) atoms. The predicted molar refractivity (Wildman–Crippen MR) is 172 cm³/mol. The van der Waals surface area contributed by atoms with Crippen LogP contribution in [0, 0.1) is 0 Å². The van der Waals surface area contributed by atoms with E-state index in [2.05, 4.69) is 109 Å². The van der Waals surface area contributed by atoms with E-state index in [9.17, 15) is 0 Å². The second-order valence-corrected chi connectivity index (χ2v) is 16.3. The Morgan fingerprint density at radius 3 is 1.03 bits per heavy atom. The van der Waals surface area contributed by atoms with E-state index in [1.165, 1.54) is 21.2 Å². The Morgan fingerprint density at radius 2 is 0.641 bits per heavy atom. The van der Waals surface area contributed by atoms with Crippen molar-refractivity contribution in [1.82, 2.24) is 0 Å². The molecule has 0 atom stereocenters. The van der Waals surface area contributed by atoms with Gasteiger partial charge in [0.2, 0.25) is 0 Å². The van der Waals surface area contributed by atoms with E-state index in [0.29, 0.717) is 0 Å². The fourth-order valence-electron chi connectivity index (χ4n) is 5.72. The monoisotopic (exact) mass is 540 g/mol. The van der Waals surface area contributed by atoms with Gasteiger partial charge in [-0.05, 0) is 0 Å². The van der Waals surface area contributed by atoms with Crippen LogP contribution in [-0.4, -0.2) is 0 Å². The van der Waals surface area contributed by atoms with Crippen molar-refractivity contribution in [3.8, 4) is 0 Å². The molecule has 1 nitrogen and oxygen atoms in total. The molecule has 0 spiro atoms. The van der Waals surface area contributed by atoms with Crippen LogP contribution in [0.1, 0.15) is 0 Å². The van der Waals surface area contributed by atoms with Gasteiger partial charge in [-0.25, -0.2) is 0 Å². The molecule has 6 rings (SSSR count). The van der Waals surface area contributed by atoms with E-state index in [0.717, 1.165) is 15.9 Å². The molecular formula is C36H30OP2.